The Morgan fingerprint density at radius 2 is 2.00 bits per heavy atom. The first-order valence-electron chi connectivity index (χ1n) is 6.56. The van der Waals surface area contributed by atoms with Crippen LogP contribution in [0, 0.1) is 5.92 Å². The van der Waals surface area contributed by atoms with Gasteiger partial charge in [-0.3, -0.25) is 4.79 Å². The predicted molar refractivity (Wildman–Crippen MR) is 73.5 cm³/mol. The van der Waals surface area contributed by atoms with Gasteiger partial charge in [0.1, 0.15) is 6.04 Å². The smallest absolute Gasteiger partial charge is 0.328 e. The van der Waals surface area contributed by atoms with Gasteiger partial charge in [0.15, 0.2) is 0 Å². The summed E-state index contributed by atoms with van der Waals surface area (Å²) in [5.74, 6) is 0.602. The molecule has 18 heavy (non-hydrogen) atoms. The molecular formula is C13H23NO3S. The first kappa shape index (κ1) is 15.3. The summed E-state index contributed by atoms with van der Waals surface area (Å²) in [6, 6.07) is -0.489. The number of ether oxygens (including phenoxy) is 1. The number of carbonyl (C=O) groups excluding carboxylic acids is 2. The molecule has 0 radical (unpaired) electrons. The third-order valence-electron chi connectivity index (χ3n) is 3.39. The topological polar surface area (TPSA) is 55.4 Å². The van der Waals surface area contributed by atoms with E-state index in [1.54, 1.807) is 11.8 Å². The Hall–Kier alpha value is -0.710. The van der Waals surface area contributed by atoms with E-state index in [0.717, 1.165) is 31.4 Å². The molecule has 4 nitrogen and oxygen atoms in total. The van der Waals surface area contributed by atoms with E-state index >= 15 is 0 Å². The minimum atomic E-state index is -0.489. The van der Waals surface area contributed by atoms with Crippen molar-refractivity contribution in [2.24, 2.45) is 5.92 Å². The Bertz CT molecular complexity index is 277. The fraction of sp³-hybridized carbons (Fsp3) is 0.846. The summed E-state index contributed by atoms with van der Waals surface area (Å²) in [5.41, 5.74) is 0. The van der Waals surface area contributed by atoms with Crippen molar-refractivity contribution in [2.75, 3.05) is 19.1 Å². The van der Waals surface area contributed by atoms with Crippen molar-refractivity contribution in [3.8, 4) is 0 Å². The molecule has 1 atom stereocenters. The number of rotatable bonds is 6. The first-order chi connectivity index (χ1) is 8.69. The molecule has 0 spiro atoms. The Kier molecular flexibility index (Phi) is 7.16. The largest absolute Gasteiger partial charge is 0.467 e. The molecular weight excluding hydrogens is 250 g/mol. The number of thioether (sulfide) groups is 1. The highest BCUT2D eigenvalue weighted by molar-refractivity contribution is 7.98. The van der Waals surface area contributed by atoms with Crippen LogP contribution in [-0.4, -0.2) is 37.0 Å². The summed E-state index contributed by atoms with van der Waals surface area (Å²) < 4.78 is 4.73. The number of hydrogen-bond acceptors (Lipinski definition) is 4. The van der Waals surface area contributed by atoms with Gasteiger partial charge in [-0.2, -0.15) is 11.8 Å². The highest BCUT2D eigenvalue weighted by atomic mass is 32.2. The Balaban J connectivity index is 2.47. The van der Waals surface area contributed by atoms with E-state index in [1.807, 2.05) is 6.26 Å². The Labute approximate surface area is 113 Å². The average Bonchev–Trinajstić information content (AvgIpc) is 2.43. The van der Waals surface area contributed by atoms with Crippen LogP contribution in [0.5, 0.6) is 0 Å². The molecule has 0 aliphatic heterocycles. The van der Waals surface area contributed by atoms with Gasteiger partial charge in [-0.1, -0.05) is 19.3 Å². The van der Waals surface area contributed by atoms with Crippen molar-refractivity contribution in [3.05, 3.63) is 0 Å². The molecule has 1 aliphatic rings. The lowest BCUT2D eigenvalue weighted by atomic mass is 9.88. The van der Waals surface area contributed by atoms with Gasteiger partial charge in [-0.05, 0) is 31.3 Å². The van der Waals surface area contributed by atoms with Gasteiger partial charge in [-0.15, -0.1) is 0 Å². The van der Waals surface area contributed by atoms with E-state index in [2.05, 4.69) is 5.32 Å². The van der Waals surface area contributed by atoms with E-state index in [1.165, 1.54) is 13.5 Å². The average molecular weight is 273 g/mol. The SMILES string of the molecule is COC(=O)C(CCSC)NC(=O)C1CCCCC1. The monoisotopic (exact) mass is 273 g/mol. The van der Waals surface area contributed by atoms with Crippen molar-refractivity contribution >= 4 is 23.6 Å². The van der Waals surface area contributed by atoms with Gasteiger partial charge < -0.3 is 10.1 Å². The van der Waals surface area contributed by atoms with Crippen molar-refractivity contribution in [1.82, 2.24) is 5.32 Å². The van der Waals surface area contributed by atoms with E-state index in [4.69, 9.17) is 4.74 Å². The van der Waals surface area contributed by atoms with Crippen LogP contribution in [0.2, 0.25) is 0 Å². The number of esters is 1. The molecule has 1 rings (SSSR count). The molecule has 1 unspecified atom stereocenters. The highest BCUT2D eigenvalue weighted by Crippen LogP contribution is 2.23. The fourth-order valence-electron chi connectivity index (χ4n) is 2.28. The van der Waals surface area contributed by atoms with Crippen LogP contribution in [0.25, 0.3) is 0 Å². The molecule has 1 N–H and O–H groups in total. The highest BCUT2D eigenvalue weighted by Gasteiger charge is 2.26. The zero-order valence-electron chi connectivity index (χ0n) is 11.2. The van der Waals surface area contributed by atoms with Crippen LogP contribution in [0.1, 0.15) is 38.5 Å². The van der Waals surface area contributed by atoms with Crippen LogP contribution < -0.4 is 5.32 Å². The maximum Gasteiger partial charge on any atom is 0.328 e. The molecule has 5 heteroatoms. The van der Waals surface area contributed by atoms with Gasteiger partial charge >= 0.3 is 5.97 Å². The summed E-state index contributed by atoms with van der Waals surface area (Å²) in [5, 5.41) is 2.85. The zero-order chi connectivity index (χ0) is 13.4. The molecule has 1 fully saturated rings. The molecule has 0 aromatic heterocycles. The second-order valence-electron chi connectivity index (χ2n) is 4.70. The van der Waals surface area contributed by atoms with Crippen molar-refractivity contribution in [2.45, 2.75) is 44.6 Å². The molecule has 0 aromatic rings. The van der Waals surface area contributed by atoms with Crippen LogP contribution in [0.4, 0.5) is 0 Å². The summed E-state index contributed by atoms with van der Waals surface area (Å²) in [4.78, 5) is 23.7. The third kappa shape index (κ3) is 4.88. The maximum atomic E-state index is 12.1. The van der Waals surface area contributed by atoms with Crippen LogP contribution in [0.15, 0.2) is 0 Å². The second kappa shape index (κ2) is 8.40. The lowest BCUT2D eigenvalue weighted by molar-refractivity contribution is -0.145. The number of amides is 1. The number of methoxy groups -OCH3 is 1. The second-order valence-corrected chi connectivity index (χ2v) is 5.69. The van der Waals surface area contributed by atoms with Crippen LogP contribution in [0.3, 0.4) is 0 Å². The van der Waals surface area contributed by atoms with E-state index in [-0.39, 0.29) is 17.8 Å². The molecule has 1 aliphatic carbocycles. The van der Waals surface area contributed by atoms with Crippen LogP contribution in [-0.2, 0) is 14.3 Å². The Morgan fingerprint density at radius 3 is 2.56 bits per heavy atom. The molecule has 1 amide bonds. The molecule has 0 bridgehead atoms. The lowest BCUT2D eigenvalue weighted by Gasteiger charge is -2.23. The van der Waals surface area contributed by atoms with Gasteiger partial charge in [0, 0.05) is 5.92 Å². The Morgan fingerprint density at radius 1 is 1.33 bits per heavy atom. The standard InChI is InChI=1S/C13H23NO3S/c1-17-13(16)11(8-9-18-2)14-12(15)10-6-4-3-5-7-10/h10-11H,3-9H2,1-2H3,(H,14,15). The molecule has 0 heterocycles. The third-order valence-corrected chi connectivity index (χ3v) is 4.03. The first-order valence-corrected chi connectivity index (χ1v) is 7.95. The molecule has 0 saturated heterocycles. The van der Waals surface area contributed by atoms with Crippen molar-refractivity contribution < 1.29 is 14.3 Å². The summed E-state index contributed by atoms with van der Waals surface area (Å²) in [6.45, 7) is 0. The molecule has 0 aromatic carbocycles. The minimum Gasteiger partial charge on any atom is -0.467 e. The summed E-state index contributed by atoms with van der Waals surface area (Å²) in [7, 11) is 1.36. The van der Waals surface area contributed by atoms with E-state index in [0.29, 0.717) is 6.42 Å². The van der Waals surface area contributed by atoms with E-state index in [9.17, 15) is 9.59 Å². The predicted octanol–water partition coefficient (Wildman–Crippen LogP) is 1.98. The fourth-order valence-corrected chi connectivity index (χ4v) is 2.75. The van der Waals surface area contributed by atoms with Crippen LogP contribution >= 0.6 is 11.8 Å². The summed E-state index contributed by atoms with van der Waals surface area (Å²) in [6.07, 6.45) is 7.96. The van der Waals surface area contributed by atoms with Crippen molar-refractivity contribution in [1.29, 1.82) is 0 Å². The van der Waals surface area contributed by atoms with E-state index < -0.39 is 6.04 Å². The number of carbonyl (C=O) groups is 2. The minimum absolute atomic E-state index is 0.0196. The van der Waals surface area contributed by atoms with Gasteiger partial charge in [0.2, 0.25) is 5.91 Å². The molecule has 1 saturated carbocycles. The van der Waals surface area contributed by atoms with Gasteiger partial charge in [0.05, 0.1) is 7.11 Å². The normalized spacial score (nSPS) is 18.1. The van der Waals surface area contributed by atoms with Gasteiger partial charge in [0.25, 0.3) is 0 Å². The van der Waals surface area contributed by atoms with Crippen molar-refractivity contribution in [3.63, 3.8) is 0 Å². The quantitative estimate of drug-likeness (QED) is 0.752. The molecule has 104 valence electrons. The zero-order valence-corrected chi connectivity index (χ0v) is 12.1. The lowest BCUT2D eigenvalue weighted by Crippen LogP contribution is -2.44. The maximum absolute atomic E-state index is 12.1. The summed E-state index contributed by atoms with van der Waals surface area (Å²) >= 11 is 1.66. The number of hydrogen-bond donors (Lipinski definition) is 1. The number of nitrogens with one attached hydrogen (secondary N) is 1. The van der Waals surface area contributed by atoms with Gasteiger partial charge in [-0.25, -0.2) is 4.79 Å².